The van der Waals surface area contributed by atoms with E-state index in [2.05, 4.69) is 37.9 Å². The van der Waals surface area contributed by atoms with Crippen molar-refractivity contribution in [2.24, 2.45) is 7.05 Å². The second-order valence-electron chi connectivity index (χ2n) is 6.35. The molecule has 0 aromatic carbocycles. The summed E-state index contributed by atoms with van der Waals surface area (Å²) in [5.41, 5.74) is 1.53. The fraction of sp³-hybridized carbons (Fsp3) is 0.500. The average molecular weight is 347 g/mol. The minimum atomic E-state index is -0.256. The Labute approximate surface area is 144 Å². The standard InChI is InChI=1S/C16H19ClN6O/c1-3-10-4-14(19-9-18-10)23-11-5-12(23)8-22(7-11)13-6-20-21(2)16(24)15(13)17/h4,6,9,11-12H,3,5,7-8H2,1-2H3. The zero-order chi connectivity index (χ0) is 16.8. The number of hydrogen-bond donors (Lipinski definition) is 0. The monoisotopic (exact) mass is 346 g/mol. The zero-order valence-electron chi connectivity index (χ0n) is 13.7. The highest BCUT2D eigenvalue weighted by Crippen LogP contribution is 2.38. The van der Waals surface area contributed by atoms with Gasteiger partial charge in [0, 0.05) is 31.9 Å². The van der Waals surface area contributed by atoms with Gasteiger partial charge < -0.3 is 9.80 Å². The van der Waals surface area contributed by atoms with Gasteiger partial charge in [-0.2, -0.15) is 5.10 Å². The van der Waals surface area contributed by atoms with Gasteiger partial charge in [-0.1, -0.05) is 18.5 Å². The lowest BCUT2D eigenvalue weighted by Gasteiger charge is -2.57. The van der Waals surface area contributed by atoms with E-state index in [1.165, 1.54) is 4.68 Å². The Balaban J connectivity index is 1.57. The summed E-state index contributed by atoms with van der Waals surface area (Å²) in [4.78, 5) is 25.2. The molecule has 0 aliphatic carbocycles. The first-order chi connectivity index (χ1) is 11.6. The molecule has 3 aliphatic heterocycles. The molecule has 2 unspecified atom stereocenters. The summed E-state index contributed by atoms with van der Waals surface area (Å²) in [5, 5.41) is 4.34. The van der Waals surface area contributed by atoms with Crippen LogP contribution >= 0.6 is 11.6 Å². The lowest BCUT2D eigenvalue weighted by Crippen LogP contribution is -2.69. The SMILES string of the molecule is CCc1cc(N2C3CC2CN(c2cnn(C)c(=O)c2Cl)C3)ncn1. The molecule has 2 aromatic heterocycles. The van der Waals surface area contributed by atoms with Gasteiger partial charge in [-0.15, -0.1) is 0 Å². The van der Waals surface area contributed by atoms with E-state index in [1.54, 1.807) is 19.6 Å². The molecule has 5 heterocycles. The van der Waals surface area contributed by atoms with Crippen molar-refractivity contribution in [3.8, 4) is 0 Å². The van der Waals surface area contributed by atoms with Crippen LogP contribution < -0.4 is 15.4 Å². The molecule has 0 radical (unpaired) electrons. The van der Waals surface area contributed by atoms with Crippen molar-refractivity contribution in [3.63, 3.8) is 0 Å². The number of piperidine rings is 1. The smallest absolute Gasteiger partial charge is 0.287 e. The first kappa shape index (κ1) is 15.4. The molecule has 0 saturated carbocycles. The molecule has 2 aromatic rings. The molecular formula is C16H19ClN6O. The van der Waals surface area contributed by atoms with Gasteiger partial charge in [0.2, 0.25) is 0 Å². The fourth-order valence-electron chi connectivity index (χ4n) is 3.62. The van der Waals surface area contributed by atoms with Gasteiger partial charge in [-0.3, -0.25) is 4.79 Å². The van der Waals surface area contributed by atoms with E-state index >= 15 is 0 Å². The number of rotatable bonds is 3. The second-order valence-corrected chi connectivity index (χ2v) is 6.73. The summed E-state index contributed by atoms with van der Waals surface area (Å²) in [6.45, 7) is 3.72. The highest BCUT2D eigenvalue weighted by atomic mass is 35.5. The number of aryl methyl sites for hydroxylation is 2. The van der Waals surface area contributed by atoms with Crippen molar-refractivity contribution >= 4 is 23.1 Å². The largest absolute Gasteiger partial charge is 0.365 e. The van der Waals surface area contributed by atoms with E-state index in [1.807, 2.05) is 0 Å². The summed E-state index contributed by atoms with van der Waals surface area (Å²) in [6, 6.07) is 2.83. The Morgan fingerprint density at radius 2 is 2.04 bits per heavy atom. The molecule has 3 fully saturated rings. The predicted molar refractivity (Wildman–Crippen MR) is 92.8 cm³/mol. The number of anilines is 2. The number of hydrogen-bond acceptors (Lipinski definition) is 6. The topological polar surface area (TPSA) is 67.2 Å². The Kier molecular flexibility index (Phi) is 3.68. The molecule has 24 heavy (non-hydrogen) atoms. The van der Waals surface area contributed by atoms with E-state index in [9.17, 15) is 4.79 Å². The van der Waals surface area contributed by atoms with E-state index in [0.29, 0.717) is 12.1 Å². The fourth-order valence-corrected chi connectivity index (χ4v) is 3.91. The maximum atomic E-state index is 12.0. The van der Waals surface area contributed by atoms with Crippen LogP contribution in [0, 0.1) is 0 Å². The third kappa shape index (κ3) is 2.34. The molecule has 5 rings (SSSR count). The number of piperazine rings is 1. The van der Waals surface area contributed by atoms with Crippen LogP contribution in [0.2, 0.25) is 5.02 Å². The molecule has 2 atom stereocenters. The maximum Gasteiger partial charge on any atom is 0.287 e. The summed E-state index contributed by atoms with van der Waals surface area (Å²) in [7, 11) is 1.60. The molecule has 3 saturated heterocycles. The molecule has 0 amide bonds. The zero-order valence-corrected chi connectivity index (χ0v) is 14.4. The Morgan fingerprint density at radius 1 is 1.29 bits per heavy atom. The molecule has 3 aliphatic rings. The number of fused-ring (bicyclic) bond motifs is 2. The van der Waals surface area contributed by atoms with Gasteiger partial charge in [-0.25, -0.2) is 14.6 Å². The molecule has 7 nitrogen and oxygen atoms in total. The summed E-state index contributed by atoms with van der Waals surface area (Å²) >= 11 is 6.24. The number of halogens is 1. The predicted octanol–water partition coefficient (Wildman–Crippen LogP) is 1.25. The normalized spacial score (nSPS) is 22.5. The van der Waals surface area contributed by atoms with E-state index in [-0.39, 0.29) is 10.6 Å². The van der Waals surface area contributed by atoms with Crippen LogP contribution in [0.5, 0.6) is 0 Å². The average Bonchev–Trinajstić information content (AvgIpc) is 2.60. The Hall–Kier alpha value is -2.15. The van der Waals surface area contributed by atoms with Crippen molar-refractivity contribution in [1.29, 1.82) is 0 Å². The van der Waals surface area contributed by atoms with Crippen LogP contribution in [0.1, 0.15) is 19.0 Å². The summed E-state index contributed by atoms with van der Waals surface area (Å²) in [6.07, 6.45) is 5.36. The van der Waals surface area contributed by atoms with E-state index in [4.69, 9.17) is 11.6 Å². The summed E-state index contributed by atoms with van der Waals surface area (Å²) in [5.74, 6) is 0.996. The minimum absolute atomic E-state index is 0.246. The van der Waals surface area contributed by atoms with Gasteiger partial charge in [0.15, 0.2) is 0 Å². The van der Waals surface area contributed by atoms with Crippen LogP contribution in [0.25, 0.3) is 0 Å². The van der Waals surface area contributed by atoms with Crippen LogP contribution in [-0.2, 0) is 13.5 Å². The van der Waals surface area contributed by atoms with Crippen molar-refractivity contribution < 1.29 is 0 Å². The molecule has 2 bridgehead atoms. The lowest BCUT2D eigenvalue weighted by molar-refractivity contribution is 0.288. The highest BCUT2D eigenvalue weighted by molar-refractivity contribution is 6.33. The Bertz CT molecular complexity index is 826. The molecule has 0 N–H and O–H groups in total. The molecule has 126 valence electrons. The van der Waals surface area contributed by atoms with Crippen LogP contribution in [-0.4, -0.2) is 44.9 Å². The van der Waals surface area contributed by atoms with Crippen LogP contribution in [0.4, 0.5) is 11.5 Å². The maximum absolute atomic E-state index is 12.0. The van der Waals surface area contributed by atoms with Gasteiger partial charge in [0.1, 0.15) is 17.2 Å². The van der Waals surface area contributed by atoms with Crippen LogP contribution in [0.3, 0.4) is 0 Å². The lowest BCUT2D eigenvalue weighted by atomic mass is 9.87. The Morgan fingerprint density at radius 3 is 2.75 bits per heavy atom. The van der Waals surface area contributed by atoms with Gasteiger partial charge in [0.05, 0.1) is 24.0 Å². The van der Waals surface area contributed by atoms with Gasteiger partial charge in [-0.05, 0) is 12.8 Å². The third-order valence-corrected chi connectivity index (χ3v) is 5.29. The highest BCUT2D eigenvalue weighted by Gasteiger charge is 2.45. The third-order valence-electron chi connectivity index (χ3n) is 4.93. The quantitative estimate of drug-likeness (QED) is 0.833. The first-order valence-corrected chi connectivity index (χ1v) is 8.52. The van der Waals surface area contributed by atoms with Crippen molar-refractivity contribution in [1.82, 2.24) is 19.7 Å². The van der Waals surface area contributed by atoms with Crippen LogP contribution in [0.15, 0.2) is 23.4 Å². The van der Waals surface area contributed by atoms with Gasteiger partial charge in [0.25, 0.3) is 5.56 Å². The van der Waals surface area contributed by atoms with Crippen molar-refractivity contribution in [2.75, 3.05) is 22.9 Å². The van der Waals surface area contributed by atoms with Crippen molar-refractivity contribution in [3.05, 3.63) is 39.7 Å². The van der Waals surface area contributed by atoms with E-state index in [0.717, 1.165) is 43.1 Å². The van der Waals surface area contributed by atoms with E-state index < -0.39 is 0 Å². The number of nitrogens with zero attached hydrogens (tertiary/aromatic N) is 6. The first-order valence-electron chi connectivity index (χ1n) is 8.14. The second kappa shape index (κ2) is 5.73. The minimum Gasteiger partial charge on any atom is -0.365 e. The molecule has 0 spiro atoms. The summed E-state index contributed by atoms with van der Waals surface area (Å²) < 4.78 is 1.26. The van der Waals surface area contributed by atoms with Crippen molar-refractivity contribution in [2.45, 2.75) is 31.8 Å². The van der Waals surface area contributed by atoms with Gasteiger partial charge >= 0.3 is 0 Å². The number of aromatic nitrogens is 4. The molecule has 8 heteroatoms. The molecular weight excluding hydrogens is 328 g/mol.